The van der Waals surface area contributed by atoms with E-state index in [4.69, 9.17) is 28.2 Å². The van der Waals surface area contributed by atoms with Crippen LogP contribution in [0, 0.1) is 0 Å². The van der Waals surface area contributed by atoms with Crippen molar-refractivity contribution in [3.8, 4) is 0 Å². The second-order valence-electron chi connectivity index (χ2n) is 5.81. The highest BCUT2D eigenvalue weighted by Crippen LogP contribution is 2.42. The largest absolute Gasteiger partial charge is 0.357 e. The van der Waals surface area contributed by atoms with Crippen LogP contribution < -0.4 is 0 Å². The Hall–Kier alpha value is -1.16. The highest BCUT2D eigenvalue weighted by atomic mass is 35.5. The SMILES string of the molecule is Clc1cccc(Cl)c1SC1CCN2CC(c3ccccc3)N=C12. The molecule has 0 N–H and O–H groups in total. The molecule has 0 aromatic heterocycles. The van der Waals surface area contributed by atoms with Crippen molar-refractivity contribution in [3.63, 3.8) is 0 Å². The fraction of sp³-hybridized carbons (Fsp3) is 0.278. The van der Waals surface area contributed by atoms with Gasteiger partial charge < -0.3 is 4.90 Å². The molecule has 0 spiro atoms. The molecule has 1 fully saturated rings. The van der Waals surface area contributed by atoms with E-state index < -0.39 is 0 Å². The molecule has 118 valence electrons. The van der Waals surface area contributed by atoms with Crippen molar-refractivity contribution in [3.05, 3.63) is 64.1 Å². The summed E-state index contributed by atoms with van der Waals surface area (Å²) in [4.78, 5) is 8.36. The van der Waals surface area contributed by atoms with Gasteiger partial charge in [-0.3, -0.25) is 4.99 Å². The summed E-state index contributed by atoms with van der Waals surface area (Å²) in [6, 6.07) is 16.4. The number of rotatable bonds is 3. The number of thioether (sulfide) groups is 1. The maximum absolute atomic E-state index is 6.32. The van der Waals surface area contributed by atoms with Crippen LogP contribution in [0.2, 0.25) is 10.0 Å². The Morgan fingerprint density at radius 1 is 1.00 bits per heavy atom. The normalized spacial score (nSPS) is 23.0. The molecule has 2 aliphatic heterocycles. The van der Waals surface area contributed by atoms with Crippen LogP contribution in [0.15, 0.2) is 58.4 Å². The summed E-state index contributed by atoms with van der Waals surface area (Å²) in [6.07, 6.45) is 1.09. The molecule has 2 atom stereocenters. The van der Waals surface area contributed by atoms with E-state index in [1.165, 1.54) is 11.4 Å². The van der Waals surface area contributed by atoms with Crippen molar-refractivity contribution in [2.75, 3.05) is 13.1 Å². The van der Waals surface area contributed by atoms with Crippen LogP contribution in [0.5, 0.6) is 0 Å². The third-order valence-corrected chi connectivity index (χ3v) is 6.58. The molecule has 5 heteroatoms. The van der Waals surface area contributed by atoms with Gasteiger partial charge in [-0.15, -0.1) is 11.8 Å². The maximum Gasteiger partial charge on any atom is 0.113 e. The Kier molecular flexibility index (Phi) is 4.27. The van der Waals surface area contributed by atoms with Gasteiger partial charge in [0.1, 0.15) is 5.84 Å². The first-order chi connectivity index (χ1) is 11.2. The smallest absolute Gasteiger partial charge is 0.113 e. The molecule has 2 aromatic carbocycles. The molecule has 0 saturated carbocycles. The van der Waals surface area contributed by atoms with Gasteiger partial charge in [-0.2, -0.15) is 0 Å². The Bertz CT molecular complexity index is 728. The monoisotopic (exact) mass is 362 g/mol. The fourth-order valence-corrected chi connectivity index (χ4v) is 5.03. The average molecular weight is 363 g/mol. The summed E-state index contributed by atoms with van der Waals surface area (Å²) in [6.45, 7) is 2.04. The lowest BCUT2D eigenvalue weighted by Crippen LogP contribution is -2.24. The van der Waals surface area contributed by atoms with Crippen molar-refractivity contribution in [2.24, 2.45) is 4.99 Å². The summed E-state index contributed by atoms with van der Waals surface area (Å²) >= 11 is 14.4. The van der Waals surface area contributed by atoms with Gasteiger partial charge in [0.15, 0.2) is 0 Å². The predicted molar refractivity (Wildman–Crippen MR) is 98.9 cm³/mol. The highest BCUT2D eigenvalue weighted by molar-refractivity contribution is 8.00. The van der Waals surface area contributed by atoms with Gasteiger partial charge in [0.25, 0.3) is 0 Å². The van der Waals surface area contributed by atoms with E-state index in [0.29, 0.717) is 5.25 Å². The Labute approximate surface area is 150 Å². The predicted octanol–water partition coefficient (Wildman–Crippen LogP) is 5.31. The summed E-state index contributed by atoms with van der Waals surface area (Å²) in [7, 11) is 0. The minimum atomic E-state index is 0.247. The van der Waals surface area contributed by atoms with Gasteiger partial charge in [-0.25, -0.2) is 0 Å². The molecular formula is C18H16Cl2N2S. The van der Waals surface area contributed by atoms with Crippen LogP contribution >= 0.6 is 35.0 Å². The molecule has 2 unspecified atom stereocenters. The zero-order valence-corrected chi connectivity index (χ0v) is 14.8. The molecule has 0 amide bonds. The van der Waals surface area contributed by atoms with E-state index in [1.54, 1.807) is 11.8 Å². The molecule has 0 aliphatic carbocycles. The second-order valence-corrected chi connectivity index (χ2v) is 7.83. The molecule has 4 rings (SSSR count). The summed E-state index contributed by atoms with van der Waals surface area (Å²) in [5, 5.41) is 1.78. The van der Waals surface area contributed by atoms with Crippen LogP contribution in [0.4, 0.5) is 0 Å². The van der Waals surface area contributed by atoms with Crippen LogP contribution in [0.1, 0.15) is 18.0 Å². The van der Waals surface area contributed by atoms with Crippen molar-refractivity contribution in [1.82, 2.24) is 4.90 Å². The fourth-order valence-electron chi connectivity index (χ4n) is 3.18. The van der Waals surface area contributed by atoms with Gasteiger partial charge in [-0.1, -0.05) is 59.6 Å². The molecule has 23 heavy (non-hydrogen) atoms. The van der Waals surface area contributed by atoms with Gasteiger partial charge in [0, 0.05) is 18.0 Å². The quantitative estimate of drug-likeness (QED) is 0.734. The number of hydrogen-bond donors (Lipinski definition) is 0. The number of hydrogen-bond acceptors (Lipinski definition) is 3. The third-order valence-electron chi connectivity index (χ3n) is 4.32. The Morgan fingerprint density at radius 2 is 1.74 bits per heavy atom. The van der Waals surface area contributed by atoms with Crippen LogP contribution in [-0.2, 0) is 0 Å². The number of halogens is 2. The van der Waals surface area contributed by atoms with E-state index >= 15 is 0 Å². The zero-order chi connectivity index (χ0) is 15.8. The zero-order valence-electron chi connectivity index (χ0n) is 12.5. The lowest BCUT2D eigenvalue weighted by molar-refractivity contribution is 0.454. The Balaban J connectivity index is 1.58. The molecular weight excluding hydrogens is 347 g/mol. The summed E-state index contributed by atoms with van der Waals surface area (Å²) < 4.78 is 0. The van der Waals surface area contributed by atoms with Gasteiger partial charge in [-0.05, 0) is 24.1 Å². The van der Waals surface area contributed by atoms with Crippen molar-refractivity contribution in [2.45, 2.75) is 22.6 Å². The maximum atomic E-state index is 6.32. The first kappa shape index (κ1) is 15.4. The molecule has 0 bridgehead atoms. The molecule has 2 aliphatic rings. The van der Waals surface area contributed by atoms with E-state index in [0.717, 1.165) is 34.5 Å². The van der Waals surface area contributed by atoms with Gasteiger partial charge >= 0.3 is 0 Å². The number of aliphatic imine (C=N–C) groups is 1. The van der Waals surface area contributed by atoms with Crippen molar-refractivity contribution < 1.29 is 0 Å². The number of benzene rings is 2. The average Bonchev–Trinajstić information content (AvgIpc) is 3.13. The molecule has 2 heterocycles. The lowest BCUT2D eigenvalue weighted by atomic mass is 10.1. The minimum absolute atomic E-state index is 0.247. The molecule has 2 aromatic rings. The van der Waals surface area contributed by atoms with E-state index in [1.807, 2.05) is 24.3 Å². The van der Waals surface area contributed by atoms with E-state index in [9.17, 15) is 0 Å². The first-order valence-electron chi connectivity index (χ1n) is 7.70. The molecule has 1 saturated heterocycles. The summed E-state index contributed by atoms with van der Waals surface area (Å²) in [5.74, 6) is 1.19. The molecule has 2 nitrogen and oxygen atoms in total. The van der Waals surface area contributed by atoms with Gasteiger partial charge in [0.05, 0.1) is 21.3 Å². The Morgan fingerprint density at radius 3 is 2.48 bits per heavy atom. The number of nitrogens with zero attached hydrogens (tertiary/aromatic N) is 2. The number of fused-ring (bicyclic) bond motifs is 1. The lowest BCUT2D eigenvalue weighted by Gasteiger charge is -2.14. The summed E-state index contributed by atoms with van der Waals surface area (Å²) in [5.41, 5.74) is 1.29. The van der Waals surface area contributed by atoms with Crippen molar-refractivity contribution in [1.29, 1.82) is 0 Å². The molecule has 0 radical (unpaired) electrons. The van der Waals surface area contributed by atoms with E-state index in [-0.39, 0.29) is 6.04 Å². The number of amidine groups is 1. The minimum Gasteiger partial charge on any atom is -0.357 e. The standard InChI is InChI=1S/C18H16Cl2N2S/c19-13-7-4-8-14(20)17(13)23-16-9-10-22-11-15(21-18(16)22)12-5-2-1-3-6-12/h1-8,15-16H,9-11H2. The van der Waals surface area contributed by atoms with Crippen molar-refractivity contribution >= 4 is 40.8 Å². The van der Waals surface area contributed by atoms with Crippen LogP contribution in [-0.4, -0.2) is 29.1 Å². The van der Waals surface area contributed by atoms with Crippen LogP contribution in [0.25, 0.3) is 0 Å². The third kappa shape index (κ3) is 2.98. The highest BCUT2D eigenvalue weighted by Gasteiger charge is 2.37. The second kappa shape index (κ2) is 6.39. The van der Waals surface area contributed by atoms with Gasteiger partial charge in [0.2, 0.25) is 0 Å². The van der Waals surface area contributed by atoms with E-state index in [2.05, 4.69) is 29.2 Å². The first-order valence-corrected chi connectivity index (χ1v) is 9.34. The van der Waals surface area contributed by atoms with Crippen LogP contribution in [0.3, 0.4) is 0 Å². The topological polar surface area (TPSA) is 15.6 Å².